The van der Waals surface area contributed by atoms with E-state index in [-0.39, 0.29) is 30.3 Å². The van der Waals surface area contributed by atoms with Crippen molar-refractivity contribution in [3.05, 3.63) is 105 Å². The van der Waals surface area contributed by atoms with Gasteiger partial charge in [0.25, 0.3) is 5.91 Å². The van der Waals surface area contributed by atoms with Crippen molar-refractivity contribution in [2.45, 2.75) is 104 Å². The molecule has 19 heteroatoms. The van der Waals surface area contributed by atoms with Gasteiger partial charge in [0.05, 0.1) is 18.0 Å². The van der Waals surface area contributed by atoms with Gasteiger partial charge in [-0.2, -0.15) is 0 Å². The number of hydrogen-bond donors (Lipinski definition) is 3. The second-order valence-electron chi connectivity index (χ2n) is 17.2. The molecule has 0 aliphatic heterocycles. The van der Waals surface area contributed by atoms with Gasteiger partial charge in [-0.25, -0.2) is 24.7 Å². The van der Waals surface area contributed by atoms with E-state index in [9.17, 15) is 14.7 Å². The summed E-state index contributed by atoms with van der Waals surface area (Å²) in [6.07, 6.45) is 11.5. The highest BCUT2D eigenvalue weighted by atomic mass is 79.9. The van der Waals surface area contributed by atoms with Gasteiger partial charge in [-0.05, 0) is 82.1 Å². The SMILES string of the molecule is CC(Cc1ccccn1)NC(=O)c1cn(COCC[Si](C)(C)C)c2ncc(Br)nc12.CC(N)Cc1ccccn1.C[Si](C)(C)CCOCn1cc(C(=O)O)c2nc(Br)cnc21. The van der Waals surface area contributed by atoms with Crippen molar-refractivity contribution in [3.63, 3.8) is 0 Å². The molecular weight excluding hydrogens is 941 g/mol. The lowest BCUT2D eigenvalue weighted by molar-refractivity contribution is 0.0695. The molecule has 6 aromatic heterocycles. The number of hydrogen-bond acceptors (Lipinski definition) is 11. The number of ether oxygens (including phenoxy) is 2. The lowest BCUT2D eigenvalue weighted by Crippen LogP contribution is -2.34. The smallest absolute Gasteiger partial charge is 0.339 e. The lowest BCUT2D eigenvalue weighted by atomic mass is 10.1. The minimum Gasteiger partial charge on any atom is -0.478 e. The molecule has 0 spiro atoms. The number of rotatable bonds is 17. The Bertz CT molecular complexity index is 2320. The number of pyridine rings is 2. The minimum absolute atomic E-state index is 0.0705. The number of carboxylic acid groups (broad SMARTS) is 1. The summed E-state index contributed by atoms with van der Waals surface area (Å²) >= 11 is 6.56. The average Bonchev–Trinajstić information content (AvgIpc) is 3.73. The van der Waals surface area contributed by atoms with Gasteiger partial charge in [0.1, 0.15) is 39.3 Å². The highest BCUT2D eigenvalue weighted by Crippen LogP contribution is 2.22. The van der Waals surface area contributed by atoms with Crippen molar-refractivity contribution in [3.8, 4) is 0 Å². The topological polar surface area (TPSA) is 198 Å². The first-order valence-corrected chi connectivity index (χ1v) is 29.1. The zero-order valence-corrected chi connectivity index (χ0v) is 41.4. The molecular formula is C42H58Br2N10O5Si2. The van der Waals surface area contributed by atoms with Crippen LogP contribution in [-0.4, -0.2) is 97.5 Å². The van der Waals surface area contributed by atoms with Crippen molar-refractivity contribution in [2.24, 2.45) is 5.73 Å². The molecule has 0 radical (unpaired) electrons. The highest BCUT2D eigenvalue weighted by molar-refractivity contribution is 9.10. The number of fused-ring (bicyclic) bond motifs is 2. The van der Waals surface area contributed by atoms with E-state index in [1.165, 1.54) is 6.20 Å². The van der Waals surface area contributed by atoms with Crippen LogP contribution in [-0.2, 0) is 35.8 Å². The summed E-state index contributed by atoms with van der Waals surface area (Å²) in [6, 6.07) is 13.9. The van der Waals surface area contributed by atoms with Crippen LogP contribution in [0, 0.1) is 0 Å². The third kappa shape index (κ3) is 16.9. The van der Waals surface area contributed by atoms with Crippen LogP contribution in [0.2, 0.25) is 51.4 Å². The van der Waals surface area contributed by atoms with E-state index in [1.807, 2.05) is 54.8 Å². The second-order valence-corrected chi connectivity index (χ2v) is 30.0. The van der Waals surface area contributed by atoms with E-state index in [1.54, 1.807) is 35.6 Å². The van der Waals surface area contributed by atoms with Crippen LogP contribution < -0.4 is 11.1 Å². The number of aromatic nitrogens is 8. The van der Waals surface area contributed by atoms with Gasteiger partial charge < -0.3 is 34.8 Å². The molecule has 1 amide bonds. The van der Waals surface area contributed by atoms with Crippen molar-refractivity contribution in [2.75, 3.05) is 13.2 Å². The molecule has 0 bridgehead atoms. The Morgan fingerprint density at radius 2 is 1.20 bits per heavy atom. The van der Waals surface area contributed by atoms with Gasteiger partial charge in [0.2, 0.25) is 0 Å². The van der Waals surface area contributed by atoms with Gasteiger partial charge in [0, 0.05) is 90.5 Å². The summed E-state index contributed by atoms with van der Waals surface area (Å²) in [5.74, 6) is -1.20. The van der Waals surface area contributed by atoms with E-state index in [2.05, 4.69) is 106 Å². The van der Waals surface area contributed by atoms with Crippen LogP contribution in [0.3, 0.4) is 0 Å². The Morgan fingerprint density at radius 3 is 1.62 bits per heavy atom. The van der Waals surface area contributed by atoms with E-state index in [0.717, 1.165) is 29.9 Å². The molecule has 4 N–H and O–H groups in total. The molecule has 15 nitrogen and oxygen atoms in total. The number of nitrogens with zero attached hydrogens (tertiary/aromatic N) is 8. The molecule has 0 fully saturated rings. The van der Waals surface area contributed by atoms with Crippen LogP contribution in [0.1, 0.15) is 46.0 Å². The number of carbonyl (C=O) groups is 2. The molecule has 2 unspecified atom stereocenters. The Labute approximate surface area is 376 Å². The Hall–Kier alpha value is -4.25. The number of aromatic carboxylic acids is 1. The largest absolute Gasteiger partial charge is 0.478 e. The lowest BCUT2D eigenvalue weighted by Gasteiger charge is -2.15. The third-order valence-corrected chi connectivity index (χ3v) is 13.0. The van der Waals surface area contributed by atoms with Crippen molar-refractivity contribution in [1.29, 1.82) is 0 Å². The zero-order valence-electron chi connectivity index (χ0n) is 36.2. The van der Waals surface area contributed by atoms with Crippen molar-refractivity contribution in [1.82, 2.24) is 44.4 Å². The zero-order chi connectivity index (χ0) is 44.7. The predicted molar refractivity (Wildman–Crippen MR) is 252 cm³/mol. The summed E-state index contributed by atoms with van der Waals surface area (Å²) in [5.41, 5.74) is 10.3. The maximum atomic E-state index is 13.0. The van der Waals surface area contributed by atoms with E-state index in [0.29, 0.717) is 63.5 Å². The fraction of sp³-hybridized carbons (Fsp3) is 0.429. The molecule has 6 aromatic rings. The summed E-state index contributed by atoms with van der Waals surface area (Å²) in [6.45, 7) is 19.7. The molecule has 0 saturated heterocycles. The first kappa shape index (κ1) is 49.4. The maximum absolute atomic E-state index is 13.0. The molecule has 61 heavy (non-hydrogen) atoms. The van der Waals surface area contributed by atoms with Crippen molar-refractivity contribution >= 4 is 82.2 Å². The number of amides is 1. The van der Waals surface area contributed by atoms with E-state index < -0.39 is 22.1 Å². The number of carbonyl (C=O) groups excluding carboxylic acids is 1. The molecule has 2 atom stereocenters. The Balaban J connectivity index is 0.000000228. The fourth-order valence-electron chi connectivity index (χ4n) is 5.70. The molecule has 0 aliphatic carbocycles. The second kappa shape index (κ2) is 23.3. The molecule has 6 heterocycles. The molecule has 6 rings (SSSR count). The van der Waals surface area contributed by atoms with Crippen LogP contribution in [0.25, 0.3) is 22.3 Å². The molecule has 0 saturated carbocycles. The van der Waals surface area contributed by atoms with E-state index >= 15 is 0 Å². The van der Waals surface area contributed by atoms with Gasteiger partial charge >= 0.3 is 5.97 Å². The van der Waals surface area contributed by atoms with Crippen LogP contribution >= 0.6 is 31.9 Å². The normalized spacial score (nSPS) is 12.6. The Morgan fingerprint density at radius 1 is 0.738 bits per heavy atom. The molecule has 328 valence electrons. The van der Waals surface area contributed by atoms with Gasteiger partial charge in [0.15, 0.2) is 11.3 Å². The highest BCUT2D eigenvalue weighted by Gasteiger charge is 2.21. The number of halogens is 2. The molecule has 0 aromatic carbocycles. The summed E-state index contributed by atoms with van der Waals surface area (Å²) < 4.78 is 16.1. The minimum atomic E-state index is -1.16. The van der Waals surface area contributed by atoms with Crippen molar-refractivity contribution < 1.29 is 24.2 Å². The fourth-order valence-corrected chi connectivity index (χ4v) is 7.77. The summed E-state index contributed by atoms with van der Waals surface area (Å²) in [5, 5.41) is 12.3. The number of nitrogens with one attached hydrogen (secondary N) is 1. The summed E-state index contributed by atoms with van der Waals surface area (Å²) in [4.78, 5) is 50.1. The van der Waals surface area contributed by atoms with Crippen LogP contribution in [0.4, 0.5) is 0 Å². The standard InChI is InChI=1S/C21H28BrN5O2Si.C13H18BrN3O3Si.C8H12N2/c1-15(11-16-7-5-6-8-23-16)25-21(28)17-13-27(14-29-9-10-30(2,3)4)20-19(17)26-18(22)12-24-20;1-21(2,3)5-4-20-8-17-7-9(13(18)19)11-12(17)15-6-10(14)16-11;1-7(9)6-8-4-2-3-5-10-8/h5-8,12-13,15H,9-11,14H2,1-4H3,(H,25,28);6-7H,4-5,8H2,1-3H3,(H,18,19);2-5,7H,6,9H2,1H3. The quantitative estimate of drug-likeness (QED) is 0.0583. The average molecular weight is 999 g/mol. The monoisotopic (exact) mass is 996 g/mol. The number of carboxylic acids is 1. The predicted octanol–water partition coefficient (Wildman–Crippen LogP) is 8.44. The summed E-state index contributed by atoms with van der Waals surface area (Å²) in [7, 11) is -2.29. The van der Waals surface area contributed by atoms with Crippen LogP contribution in [0.15, 0.2) is 82.8 Å². The van der Waals surface area contributed by atoms with Crippen LogP contribution in [0.5, 0.6) is 0 Å². The Kier molecular flexibility index (Phi) is 18.8. The first-order valence-electron chi connectivity index (χ1n) is 20.1. The maximum Gasteiger partial charge on any atom is 0.339 e. The van der Waals surface area contributed by atoms with Gasteiger partial charge in [-0.1, -0.05) is 51.4 Å². The third-order valence-electron chi connectivity index (χ3n) is 8.88. The van der Waals surface area contributed by atoms with Gasteiger partial charge in [-0.3, -0.25) is 14.8 Å². The van der Waals surface area contributed by atoms with E-state index in [4.69, 9.17) is 15.2 Å². The van der Waals surface area contributed by atoms with Gasteiger partial charge in [-0.15, -0.1) is 0 Å². The first-order chi connectivity index (χ1) is 28.8. The number of nitrogens with two attached hydrogens (primary N) is 1. The molecule has 0 aliphatic rings.